The molecule has 4 heteroatoms. The van der Waals surface area contributed by atoms with Gasteiger partial charge in [0.1, 0.15) is 0 Å². The maximum atomic E-state index is 13.2. The van der Waals surface area contributed by atoms with E-state index in [4.69, 9.17) is 10.7 Å². The fourth-order valence-corrected chi connectivity index (χ4v) is 4.41. The summed E-state index contributed by atoms with van der Waals surface area (Å²) >= 11 is 0. The van der Waals surface area contributed by atoms with Gasteiger partial charge >= 0.3 is 0 Å². The first-order valence-corrected chi connectivity index (χ1v) is 11.6. The van der Waals surface area contributed by atoms with Crippen molar-refractivity contribution in [2.45, 2.75) is 53.4 Å². The zero-order chi connectivity index (χ0) is 23.4. The summed E-state index contributed by atoms with van der Waals surface area (Å²) in [5.74, 6) is 0.643. The van der Waals surface area contributed by atoms with Crippen molar-refractivity contribution in [3.8, 4) is 0 Å². The number of allylic oxidation sites excluding steroid dienone is 3. The largest absolute Gasteiger partial charge is 0.394 e. The van der Waals surface area contributed by atoms with Crippen LogP contribution >= 0.6 is 0 Å². The topological polar surface area (TPSA) is 58.7 Å². The van der Waals surface area contributed by atoms with Crippen LogP contribution in [0.2, 0.25) is 0 Å². The molecule has 0 aromatic heterocycles. The number of hydrogen-bond donors (Lipinski definition) is 1. The van der Waals surface area contributed by atoms with Crippen LogP contribution in [0.5, 0.6) is 0 Å². The van der Waals surface area contributed by atoms with E-state index in [9.17, 15) is 4.79 Å². The highest BCUT2D eigenvalue weighted by Gasteiger charge is 2.27. The van der Waals surface area contributed by atoms with E-state index in [1.165, 1.54) is 16.7 Å². The van der Waals surface area contributed by atoms with Crippen molar-refractivity contribution >= 4 is 17.3 Å². The van der Waals surface area contributed by atoms with Gasteiger partial charge in [0.15, 0.2) is 0 Å². The first kappa shape index (κ1) is 23.8. The number of rotatable bonds is 4. The van der Waals surface area contributed by atoms with Crippen molar-refractivity contribution in [1.29, 1.82) is 0 Å². The molecule has 3 rings (SSSR count). The molecule has 0 radical (unpaired) electrons. The molecule has 2 aliphatic rings. The molecule has 1 fully saturated rings. The first-order valence-electron chi connectivity index (χ1n) is 11.6. The van der Waals surface area contributed by atoms with Crippen molar-refractivity contribution in [1.82, 2.24) is 4.90 Å². The first-order chi connectivity index (χ1) is 15.2. The summed E-state index contributed by atoms with van der Waals surface area (Å²) in [5, 5.41) is 0. The average molecular weight is 432 g/mol. The number of carbonyl (C=O) groups excluding carboxylic acids is 1. The third-order valence-corrected chi connectivity index (χ3v) is 6.61. The quantitative estimate of drug-likeness (QED) is 0.489. The lowest BCUT2D eigenvalue weighted by Gasteiger charge is -2.27. The van der Waals surface area contributed by atoms with E-state index >= 15 is 0 Å². The van der Waals surface area contributed by atoms with E-state index < -0.39 is 0 Å². The molecule has 0 spiro atoms. The minimum Gasteiger partial charge on any atom is -0.394 e. The standard InChI is InChI=1S/C28H37N3O/c1-18(2)25-17-31(13-7-8-21(25)5)28(32)26(29)16-24-14-19(3)9-12-27(30-24)23-11-10-20(4)22(6)15-23/h10-12,15-16,18,25H,3,5,7-9,13-14,17,29H2,1-2,4,6H3/b26-16-/t25-/m1/s1. The van der Waals surface area contributed by atoms with Gasteiger partial charge in [-0.15, -0.1) is 0 Å². The maximum Gasteiger partial charge on any atom is 0.269 e. The number of benzene rings is 1. The van der Waals surface area contributed by atoms with Crippen molar-refractivity contribution in [2.75, 3.05) is 13.1 Å². The van der Waals surface area contributed by atoms with Crippen LogP contribution in [-0.4, -0.2) is 29.6 Å². The Kier molecular flexibility index (Phi) is 7.55. The molecule has 1 atom stereocenters. The molecule has 2 N–H and O–H groups in total. The summed E-state index contributed by atoms with van der Waals surface area (Å²) in [5.41, 5.74) is 14.1. The SMILES string of the molecule is C=C1CC=C(c2ccc(C)c(C)c2)N=C(/C=C(\N)C(=O)N2CCCC(=C)[C@@H](C(C)C)C2)C1. The Morgan fingerprint density at radius 1 is 1.25 bits per heavy atom. The van der Waals surface area contributed by atoms with E-state index in [-0.39, 0.29) is 11.6 Å². The smallest absolute Gasteiger partial charge is 0.269 e. The monoisotopic (exact) mass is 431 g/mol. The highest BCUT2D eigenvalue weighted by atomic mass is 16.2. The molecule has 1 amide bonds. The van der Waals surface area contributed by atoms with E-state index in [2.05, 4.69) is 65.1 Å². The fourth-order valence-electron chi connectivity index (χ4n) is 4.41. The van der Waals surface area contributed by atoms with Crippen LogP contribution in [-0.2, 0) is 4.79 Å². The molecule has 1 saturated heterocycles. The Morgan fingerprint density at radius 2 is 2.00 bits per heavy atom. The van der Waals surface area contributed by atoms with Gasteiger partial charge in [-0.2, -0.15) is 0 Å². The summed E-state index contributed by atoms with van der Waals surface area (Å²) in [7, 11) is 0. The van der Waals surface area contributed by atoms with Crippen LogP contribution in [0.1, 0.15) is 56.2 Å². The predicted molar refractivity (Wildman–Crippen MR) is 135 cm³/mol. The highest BCUT2D eigenvalue weighted by molar-refractivity contribution is 6.06. The van der Waals surface area contributed by atoms with Crippen molar-refractivity contribution in [3.05, 3.63) is 77.0 Å². The second kappa shape index (κ2) is 10.2. The Labute approximate surface area is 193 Å². The van der Waals surface area contributed by atoms with Crippen LogP contribution in [0.15, 0.2) is 65.3 Å². The minimum atomic E-state index is -0.111. The van der Waals surface area contributed by atoms with Gasteiger partial charge in [-0.05, 0) is 68.2 Å². The molecular weight excluding hydrogens is 394 g/mol. The second-order valence-electron chi connectivity index (χ2n) is 9.59. The number of aliphatic imine (C=N–C) groups is 1. The Balaban J connectivity index is 1.85. The van der Waals surface area contributed by atoms with Crippen molar-refractivity contribution in [3.63, 3.8) is 0 Å². The maximum absolute atomic E-state index is 13.2. The lowest BCUT2D eigenvalue weighted by atomic mass is 9.87. The Hall–Kier alpha value is -2.88. The number of amides is 1. The van der Waals surface area contributed by atoms with E-state index in [0.717, 1.165) is 41.8 Å². The number of carbonyl (C=O) groups is 1. The van der Waals surface area contributed by atoms with Crippen molar-refractivity contribution < 1.29 is 4.79 Å². The van der Waals surface area contributed by atoms with Gasteiger partial charge in [-0.25, -0.2) is 0 Å². The summed E-state index contributed by atoms with van der Waals surface area (Å²) in [4.78, 5) is 20.0. The van der Waals surface area contributed by atoms with Gasteiger partial charge in [-0.1, -0.05) is 56.4 Å². The molecule has 4 nitrogen and oxygen atoms in total. The Morgan fingerprint density at radius 3 is 2.69 bits per heavy atom. The van der Waals surface area contributed by atoms with Crippen LogP contribution in [0.3, 0.4) is 0 Å². The molecule has 0 saturated carbocycles. The van der Waals surface area contributed by atoms with Gasteiger partial charge in [0.2, 0.25) is 0 Å². The summed E-state index contributed by atoms with van der Waals surface area (Å²) in [6, 6.07) is 6.37. The number of likely N-dealkylation sites (tertiary alicyclic amines) is 1. The summed E-state index contributed by atoms with van der Waals surface area (Å²) < 4.78 is 0. The third kappa shape index (κ3) is 5.67. The number of aryl methyl sites for hydroxylation is 2. The van der Waals surface area contributed by atoms with Gasteiger partial charge in [-0.3, -0.25) is 9.79 Å². The van der Waals surface area contributed by atoms with Crippen LogP contribution in [0.4, 0.5) is 0 Å². The molecule has 32 heavy (non-hydrogen) atoms. The van der Waals surface area contributed by atoms with Crippen LogP contribution in [0.25, 0.3) is 5.70 Å². The van der Waals surface area contributed by atoms with Gasteiger partial charge < -0.3 is 10.6 Å². The molecule has 0 unspecified atom stereocenters. The molecule has 0 bridgehead atoms. The zero-order valence-corrected chi connectivity index (χ0v) is 20.1. The molecule has 1 aromatic carbocycles. The average Bonchev–Trinajstić information content (AvgIpc) is 3.04. The minimum absolute atomic E-state index is 0.111. The molecular formula is C28H37N3O. The van der Waals surface area contributed by atoms with E-state index in [1.54, 1.807) is 6.08 Å². The predicted octanol–water partition coefficient (Wildman–Crippen LogP) is 5.73. The third-order valence-electron chi connectivity index (χ3n) is 6.61. The van der Waals surface area contributed by atoms with Crippen LogP contribution in [0, 0.1) is 25.7 Å². The van der Waals surface area contributed by atoms with Crippen LogP contribution < -0.4 is 5.73 Å². The number of nitrogens with zero attached hydrogens (tertiary/aromatic N) is 2. The molecule has 170 valence electrons. The van der Waals surface area contributed by atoms with Crippen molar-refractivity contribution in [2.24, 2.45) is 22.6 Å². The van der Waals surface area contributed by atoms with Gasteiger partial charge in [0.05, 0.1) is 11.4 Å². The summed E-state index contributed by atoms with van der Waals surface area (Å²) in [6.45, 7) is 18.4. The van der Waals surface area contributed by atoms with E-state index in [0.29, 0.717) is 31.3 Å². The lowest BCUT2D eigenvalue weighted by Crippen LogP contribution is -2.39. The zero-order valence-electron chi connectivity index (χ0n) is 20.1. The Bertz CT molecular complexity index is 1010. The molecule has 1 aromatic rings. The second-order valence-corrected chi connectivity index (χ2v) is 9.59. The number of hydrogen-bond acceptors (Lipinski definition) is 3. The molecule has 2 heterocycles. The molecule has 2 aliphatic heterocycles. The normalized spacial score (nSPS) is 20.6. The van der Waals surface area contributed by atoms with Gasteiger partial charge in [0, 0.05) is 30.8 Å². The van der Waals surface area contributed by atoms with Gasteiger partial charge in [0.25, 0.3) is 5.91 Å². The number of nitrogens with two attached hydrogens (primary N) is 1. The summed E-state index contributed by atoms with van der Waals surface area (Å²) in [6.07, 6.45) is 7.13. The highest BCUT2D eigenvalue weighted by Crippen LogP contribution is 2.28. The molecule has 0 aliphatic carbocycles. The fraction of sp³-hybridized carbons (Fsp3) is 0.429. The lowest BCUT2D eigenvalue weighted by molar-refractivity contribution is -0.127. The van der Waals surface area contributed by atoms with E-state index in [1.807, 2.05) is 4.90 Å².